The van der Waals surface area contributed by atoms with E-state index >= 15 is 0 Å². The maximum atomic E-state index is 13.1. The van der Waals surface area contributed by atoms with Gasteiger partial charge in [-0.25, -0.2) is 4.79 Å². The molecule has 0 saturated heterocycles. The minimum absolute atomic E-state index is 0.173. The van der Waals surface area contributed by atoms with Gasteiger partial charge in [-0.05, 0) is 43.4 Å². The van der Waals surface area contributed by atoms with Crippen LogP contribution in [0.2, 0.25) is 0 Å². The van der Waals surface area contributed by atoms with Crippen LogP contribution < -0.4 is 10.6 Å². The third-order valence-corrected chi connectivity index (χ3v) is 3.36. The summed E-state index contributed by atoms with van der Waals surface area (Å²) in [6, 6.07) is -0.783. The summed E-state index contributed by atoms with van der Waals surface area (Å²) in [6.07, 6.45) is -9.67. The number of ether oxygens (including phenoxy) is 1. The van der Waals surface area contributed by atoms with Crippen LogP contribution in [0.1, 0.15) is 54.6 Å². The minimum Gasteiger partial charge on any atom is -0.449 e. The highest BCUT2D eigenvalue weighted by Gasteiger charge is 2.37. The van der Waals surface area contributed by atoms with Crippen molar-refractivity contribution in [3.8, 4) is 0 Å². The molecule has 1 heterocycles. The van der Waals surface area contributed by atoms with Crippen molar-refractivity contribution in [1.29, 1.82) is 0 Å². The summed E-state index contributed by atoms with van der Waals surface area (Å²) >= 11 is 0. The molecule has 7 heteroatoms. The Labute approximate surface area is 138 Å². The van der Waals surface area contributed by atoms with Crippen molar-refractivity contribution in [3.63, 3.8) is 0 Å². The lowest BCUT2D eigenvalue weighted by atomic mass is 9.89. The fraction of sp³-hybridized carbons (Fsp3) is 0.533. The second-order valence-corrected chi connectivity index (χ2v) is 4.70. The first-order valence-corrected chi connectivity index (χ1v) is 6.29. The number of nitrogens with zero attached hydrogens (tertiary/aromatic N) is 1. The van der Waals surface area contributed by atoms with Gasteiger partial charge in [-0.1, -0.05) is 6.85 Å². The van der Waals surface area contributed by atoms with E-state index in [0.717, 1.165) is 6.07 Å². The van der Waals surface area contributed by atoms with E-state index in [0.29, 0.717) is 17.0 Å². The molecule has 1 amide bonds. The molecule has 0 aromatic heterocycles. The third-order valence-electron chi connectivity index (χ3n) is 3.36. The second-order valence-electron chi connectivity index (χ2n) is 4.70. The number of hydrogen-bond acceptors (Lipinski definition) is 3. The lowest BCUT2D eigenvalue weighted by molar-refractivity contribution is -0.137. The monoisotopic (exact) mass is 324 g/mol. The number of benzene rings is 1. The molecule has 2 atom stereocenters. The van der Waals surface area contributed by atoms with E-state index < -0.39 is 63.0 Å². The molecule has 0 unspecified atom stereocenters. The van der Waals surface area contributed by atoms with Gasteiger partial charge in [-0.15, -0.1) is 0 Å². The zero-order valence-electron chi connectivity index (χ0n) is 19.3. The Morgan fingerprint density at radius 1 is 1.55 bits per heavy atom. The molecule has 0 radical (unpaired) electrons. The fourth-order valence-corrected chi connectivity index (χ4v) is 2.37. The van der Waals surface area contributed by atoms with Crippen LogP contribution in [0.25, 0.3) is 0 Å². The van der Waals surface area contributed by atoms with Gasteiger partial charge in [0.05, 0.1) is 17.9 Å². The summed E-state index contributed by atoms with van der Waals surface area (Å²) in [6.45, 7) is -6.97. The van der Waals surface area contributed by atoms with Crippen molar-refractivity contribution in [3.05, 3.63) is 29.3 Å². The highest BCUT2D eigenvalue weighted by molar-refractivity contribution is 5.90. The van der Waals surface area contributed by atoms with Crippen LogP contribution in [0, 0.1) is 0 Å². The standard InChI is InChI=1S/C15H19F3N2O2/c1-3-10-8-12(19)11-7-9(15(16,17)18)5-6-13(11)20(10)14(21)22-4-2/h5-7,10,12H,3-4,8,19H2,1-2H3/t10-,12-/m0/s1/i1D3,2D3,3D2. The zero-order chi connectivity index (χ0) is 23.3. The van der Waals surface area contributed by atoms with Gasteiger partial charge in [-0.2, -0.15) is 13.2 Å². The van der Waals surface area contributed by atoms with E-state index in [2.05, 4.69) is 4.74 Å². The molecule has 0 fully saturated rings. The van der Waals surface area contributed by atoms with Crippen molar-refractivity contribution in [2.45, 2.75) is 44.8 Å². The quantitative estimate of drug-likeness (QED) is 0.899. The van der Waals surface area contributed by atoms with Gasteiger partial charge in [0.25, 0.3) is 0 Å². The smallest absolute Gasteiger partial charge is 0.416 e. The van der Waals surface area contributed by atoms with Gasteiger partial charge in [0.2, 0.25) is 0 Å². The van der Waals surface area contributed by atoms with Gasteiger partial charge in [0.15, 0.2) is 0 Å². The summed E-state index contributed by atoms with van der Waals surface area (Å²) in [5, 5.41) is 0. The number of nitrogens with two attached hydrogens (primary N) is 1. The van der Waals surface area contributed by atoms with Crippen LogP contribution in [-0.2, 0) is 10.9 Å². The average Bonchev–Trinajstić information content (AvgIpc) is 2.56. The predicted molar refractivity (Wildman–Crippen MR) is 76.6 cm³/mol. The number of carbonyl (C=O) groups excluding carboxylic acids is 1. The summed E-state index contributed by atoms with van der Waals surface area (Å²) in [5.74, 6) is 0. The lowest BCUT2D eigenvalue weighted by Crippen LogP contribution is -2.46. The van der Waals surface area contributed by atoms with E-state index in [4.69, 9.17) is 16.7 Å². The largest absolute Gasteiger partial charge is 0.449 e. The number of fused-ring (bicyclic) bond motifs is 1. The van der Waals surface area contributed by atoms with Crippen molar-refractivity contribution in [1.82, 2.24) is 0 Å². The molecular weight excluding hydrogens is 297 g/mol. The van der Waals surface area contributed by atoms with Gasteiger partial charge >= 0.3 is 12.3 Å². The Bertz CT molecular complexity index is 811. The summed E-state index contributed by atoms with van der Waals surface area (Å²) < 4.78 is 104. The van der Waals surface area contributed by atoms with Crippen LogP contribution in [0.15, 0.2) is 18.2 Å². The second kappa shape index (κ2) is 6.16. The first-order valence-electron chi connectivity index (χ1n) is 10.3. The summed E-state index contributed by atoms with van der Waals surface area (Å²) in [7, 11) is 0. The molecule has 0 spiro atoms. The van der Waals surface area contributed by atoms with E-state index in [1.54, 1.807) is 0 Å². The topological polar surface area (TPSA) is 55.6 Å². The Hall–Kier alpha value is -1.76. The summed E-state index contributed by atoms with van der Waals surface area (Å²) in [5.41, 5.74) is 4.39. The van der Waals surface area contributed by atoms with E-state index in [9.17, 15) is 18.0 Å². The SMILES string of the molecule is [2H]C([2H])([2H])COC(=O)N1c2ccc(C(F)(F)F)cc2[C@@H](N)C[C@@H]1C([2H])([2H])C([2H])([2H])[2H]. The van der Waals surface area contributed by atoms with Gasteiger partial charge < -0.3 is 10.5 Å². The highest BCUT2D eigenvalue weighted by Crippen LogP contribution is 2.40. The third kappa shape index (κ3) is 3.04. The molecule has 1 aromatic carbocycles. The number of amides is 1. The first kappa shape index (κ1) is 8.76. The molecule has 2 rings (SSSR count). The molecule has 122 valence electrons. The van der Waals surface area contributed by atoms with E-state index in [1.165, 1.54) is 0 Å². The van der Waals surface area contributed by atoms with Gasteiger partial charge in [0, 0.05) is 23.0 Å². The predicted octanol–water partition coefficient (Wildman–Crippen LogP) is 3.85. The first-order chi connectivity index (χ1) is 13.4. The number of hydrogen-bond donors (Lipinski definition) is 1. The molecular formula is C15H19F3N2O2. The van der Waals surface area contributed by atoms with Crippen LogP contribution in [0.3, 0.4) is 0 Å². The van der Waals surface area contributed by atoms with E-state index in [1.807, 2.05) is 0 Å². The molecule has 1 aliphatic heterocycles. The lowest BCUT2D eigenvalue weighted by Gasteiger charge is -2.39. The van der Waals surface area contributed by atoms with Gasteiger partial charge in [-0.3, -0.25) is 4.90 Å². The average molecular weight is 324 g/mol. The van der Waals surface area contributed by atoms with Crippen molar-refractivity contribution < 1.29 is 33.7 Å². The molecule has 22 heavy (non-hydrogen) atoms. The molecule has 1 aromatic rings. The van der Waals surface area contributed by atoms with E-state index in [-0.39, 0.29) is 11.3 Å². The van der Waals surface area contributed by atoms with Crippen molar-refractivity contribution >= 4 is 11.8 Å². The molecule has 0 aliphatic carbocycles. The van der Waals surface area contributed by atoms with Crippen molar-refractivity contribution in [2.24, 2.45) is 5.73 Å². The Morgan fingerprint density at radius 2 is 2.32 bits per heavy atom. The minimum atomic E-state index is -4.72. The van der Waals surface area contributed by atoms with Gasteiger partial charge in [0.1, 0.15) is 0 Å². The number of anilines is 1. The fourth-order valence-electron chi connectivity index (χ4n) is 2.37. The van der Waals surface area contributed by atoms with Crippen LogP contribution >= 0.6 is 0 Å². The van der Waals surface area contributed by atoms with Crippen LogP contribution in [0.4, 0.5) is 23.7 Å². The molecule has 2 N–H and O–H groups in total. The van der Waals surface area contributed by atoms with Crippen molar-refractivity contribution in [2.75, 3.05) is 11.5 Å². The zero-order valence-corrected chi connectivity index (χ0v) is 11.3. The number of rotatable bonds is 2. The Morgan fingerprint density at radius 3 is 2.95 bits per heavy atom. The Kier molecular flexibility index (Phi) is 2.45. The number of carbonyl (C=O) groups is 1. The number of halogens is 3. The number of alkyl halides is 3. The Balaban J connectivity index is 2.60. The molecule has 4 nitrogen and oxygen atoms in total. The highest BCUT2D eigenvalue weighted by atomic mass is 19.4. The normalized spacial score (nSPS) is 28.6. The maximum absolute atomic E-state index is 13.1. The van der Waals surface area contributed by atoms with Crippen LogP contribution in [-0.4, -0.2) is 18.7 Å². The molecule has 0 saturated carbocycles. The summed E-state index contributed by atoms with van der Waals surface area (Å²) in [4.78, 5) is 13.2. The van der Waals surface area contributed by atoms with Crippen LogP contribution in [0.5, 0.6) is 0 Å². The molecule has 1 aliphatic rings. The maximum Gasteiger partial charge on any atom is 0.416 e. The molecule has 0 bridgehead atoms.